The maximum atomic E-state index is 12.0. The van der Waals surface area contributed by atoms with Gasteiger partial charge in [0.15, 0.2) is 0 Å². The summed E-state index contributed by atoms with van der Waals surface area (Å²) in [5.41, 5.74) is -0.492. The van der Waals surface area contributed by atoms with Crippen LogP contribution >= 0.6 is 23.4 Å². The Balaban J connectivity index is 2.10. The molecule has 1 atom stereocenters. The molecule has 0 aliphatic carbocycles. The number of aromatic nitrogens is 1. The molecule has 1 N–H and O–H groups in total. The molecule has 1 aliphatic heterocycles. The number of hydrogen-bond donors (Lipinski definition) is 1. The van der Waals surface area contributed by atoms with E-state index in [9.17, 15) is 14.9 Å². The Morgan fingerprint density at radius 1 is 1.68 bits per heavy atom. The number of nitrogens with one attached hydrogen (secondary N) is 1. The molecule has 1 aromatic heterocycles. The molecule has 1 fully saturated rings. The molecule has 1 amide bonds. The second-order valence-electron chi connectivity index (χ2n) is 4.10. The topological polar surface area (TPSA) is 85.1 Å². The van der Waals surface area contributed by atoms with E-state index in [0.29, 0.717) is 11.8 Å². The fourth-order valence-electron chi connectivity index (χ4n) is 1.89. The Bertz CT molecular complexity index is 506. The van der Waals surface area contributed by atoms with Crippen LogP contribution in [0.5, 0.6) is 0 Å². The Labute approximate surface area is 119 Å². The molecule has 1 aromatic rings. The van der Waals surface area contributed by atoms with Crippen LogP contribution in [0.2, 0.25) is 5.15 Å². The number of amides is 1. The highest BCUT2D eigenvalue weighted by Crippen LogP contribution is 2.27. The van der Waals surface area contributed by atoms with Crippen molar-refractivity contribution in [2.75, 3.05) is 12.3 Å². The largest absolute Gasteiger partial charge is 0.351 e. The molecule has 0 bridgehead atoms. The fourth-order valence-corrected chi connectivity index (χ4v) is 3.32. The van der Waals surface area contributed by atoms with Gasteiger partial charge in [-0.2, -0.15) is 11.8 Å². The molecule has 8 heteroatoms. The molecule has 102 valence electrons. The van der Waals surface area contributed by atoms with Gasteiger partial charge >= 0.3 is 5.69 Å². The molecule has 1 saturated heterocycles. The maximum absolute atomic E-state index is 12.0. The van der Waals surface area contributed by atoms with Crippen LogP contribution in [0, 0.1) is 10.1 Å². The van der Waals surface area contributed by atoms with E-state index < -0.39 is 16.5 Å². The van der Waals surface area contributed by atoms with Crippen molar-refractivity contribution in [3.63, 3.8) is 0 Å². The maximum Gasteiger partial charge on any atom is 0.319 e. The molecule has 0 saturated carbocycles. The average Bonchev–Trinajstić information content (AvgIpc) is 2.88. The number of hydrogen-bond acceptors (Lipinski definition) is 5. The van der Waals surface area contributed by atoms with E-state index in [2.05, 4.69) is 10.3 Å². The lowest BCUT2D eigenvalue weighted by molar-refractivity contribution is -0.385. The van der Waals surface area contributed by atoms with Gasteiger partial charge in [0, 0.05) is 18.0 Å². The molecule has 2 heterocycles. The smallest absolute Gasteiger partial charge is 0.319 e. The van der Waals surface area contributed by atoms with E-state index in [1.54, 1.807) is 11.8 Å². The Hall–Kier alpha value is -1.34. The third kappa shape index (κ3) is 3.36. The number of halogens is 1. The minimum Gasteiger partial charge on any atom is -0.351 e. The SMILES string of the molecule is O=C(NCC1CCCS1)c1ccnc(Cl)c1[N+](=O)[O-]. The van der Waals surface area contributed by atoms with Gasteiger partial charge in [-0.15, -0.1) is 0 Å². The van der Waals surface area contributed by atoms with Crippen molar-refractivity contribution >= 4 is 35.0 Å². The monoisotopic (exact) mass is 301 g/mol. The van der Waals surface area contributed by atoms with Crippen LogP contribution in [0.3, 0.4) is 0 Å². The lowest BCUT2D eigenvalue weighted by Gasteiger charge is -2.10. The van der Waals surface area contributed by atoms with Gasteiger partial charge in [0.05, 0.1) is 4.92 Å². The third-order valence-electron chi connectivity index (χ3n) is 2.82. The number of carbonyl (C=O) groups excluding carboxylic acids is 1. The number of nitrogens with zero attached hydrogens (tertiary/aromatic N) is 2. The minimum absolute atomic E-state index is 0.0482. The number of carbonyl (C=O) groups is 1. The van der Waals surface area contributed by atoms with Gasteiger partial charge in [0.1, 0.15) is 5.56 Å². The van der Waals surface area contributed by atoms with Gasteiger partial charge in [0.25, 0.3) is 5.91 Å². The quantitative estimate of drug-likeness (QED) is 0.524. The molecule has 2 rings (SSSR count). The van der Waals surface area contributed by atoms with E-state index >= 15 is 0 Å². The molecule has 0 aromatic carbocycles. The first-order valence-electron chi connectivity index (χ1n) is 5.78. The van der Waals surface area contributed by atoms with E-state index in [4.69, 9.17) is 11.6 Å². The number of nitro groups is 1. The first-order valence-corrected chi connectivity index (χ1v) is 7.21. The van der Waals surface area contributed by atoms with E-state index in [1.165, 1.54) is 12.3 Å². The summed E-state index contributed by atoms with van der Waals surface area (Å²) in [6.45, 7) is 0.514. The van der Waals surface area contributed by atoms with E-state index in [-0.39, 0.29) is 10.7 Å². The van der Waals surface area contributed by atoms with Crippen molar-refractivity contribution in [2.24, 2.45) is 0 Å². The predicted octanol–water partition coefficient (Wildman–Crippen LogP) is 2.27. The number of pyridine rings is 1. The van der Waals surface area contributed by atoms with Crippen molar-refractivity contribution in [2.45, 2.75) is 18.1 Å². The highest BCUT2D eigenvalue weighted by molar-refractivity contribution is 8.00. The van der Waals surface area contributed by atoms with E-state index in [0.717, 1.165) is 18.6 Å². The summed E-state index contributed by atoms with van der Waals surface area (Å²) in [5, 5.41) is 13.7. The lowest BCUT2D eigenvalue weighted by atomic mass is 10.2. The first kappa shape index (κ1) is 14.1. The van der Waals surface area contributed by atoms with Crippen LogP contribution in [0.4, 0.5) is 5.69 Å². The summed E-state index contributed by atoms with van der Waals surface area (Å²) in [6.07, 6.45) is 3.49. The van der Waals surface area contributed by atoms with Crippen LogP contribution in [0.15, 0.2) is 12.3 Å². The van der Waals surface area contributed by atoms with Crippen LogP contribution in [-0.2, 0) is 0 Å². The molecule has 1 aliphatic rings. The zero-order valence-electron chi connectivity index (χ0n) is 9.97. The van der Waals surface area contributed by atoms with Gasteiger partial charge in [-0.05, 0) is 24.7 Å². The summed E-state index contributed by atoms with van der Waals surface area (Å²) in [5.74, 6) is 0.616. The van der Waals surface area contributed by atoms with Gasteiger partial charge < -0.3 is 5.32 Å². The second kappa shape index (κ2) is 6.21. The van der Waals surface area contributed by atoms with Crippen molar-refractivity contribution in [1.82, 2.24) is 10.3 Å². The molecular formula is C11H12ClN3O3S. The highest BCUT2D eigenvalue weighted by Gasteiger charge is 2.25. The summed E-state index contributed by atoms with van der Waals surface area (Å²) in [7, 11) is 0. The van der Waals surface area contributed by atoms with Gasteiger partial charge in [-0.1, -0.05) is 11.6 Å². The Kier molecular flexibility index (Phi) is 4.60. The van der Waals surface area contributed by atoms with Crippen LogP contribution in [-0.4, -0.2) is 33.4 Å². The van der Waals surface area contributed by atoms with Crippen LogP contribution < -0.4 is 5.32 Å². The van der Waals surface area contributed by atoms with Gasteiger partial charge in [-0.25, -0.2) is 4.98 Å². The van der Waals surface area contributed by atoms with Crippen molar-refractivity contribution in [3.8, 4) is 0 Å². The Morgan fingerprint density at radius 2 is 2.47 bits per heavy atom. The zero-order valence-corrected chi connectivity index (χ0v) is 11.5. The standard InChI is InChI=1S/C11H12ClN3O3S/c12-10-9(15(17)18)8(3-4-13-10)11(16)14-6-7-2-1-5-19-7/h3-4,7H,1-2,5-6H2,(H,14,16). The number of rotatable bonds is 4. The molecular weight excluding hydrogens is 290 g/mol. The summed E-state index contributed by atoms with van der Waals surface area (Å²) < 4.78 is 0. The minimum atomic E-state index is -0.686. The molecule has 6 nitrogen and oxygen atoms in total. The Morgan fingerprint density at radius 3 is 3.11 bits per heavy atom. The second-order valence-corrected chi connectivity index (χ2v) is 5.87. The highest BCUT2D eigenvalue weighted by atomic mass is 35.5. The van der Waals surface area contributed by atoms with Crippen LogP contribution in [0.25, 0.3) is 0 Å². The predicted molar refractivity (Wildman–Crippen MR) is 73.7 cm³/mol. The van der Waals surface area contributed by atoms with Crippen molar-refractivity contribution in [1.29, 1.82) is 0 Å². The third-order valence-corrected chi connectivity index (χ3v) is 4.50. The molecule has 19 heavy (non-hydrogen) atoms. The normalized spacial score (nSPS) is 18.3. The summed E-state index contributed by atoms with van der Waals surface area (Å²) in [4.78, 5) is 25.8. The average molecular weight is 302 g/mol. The molecule has 0 radical (unpaired) electrons. The first-order chi connectivity index (χ1) is 9.09. The van der Waals surface area contributed by atoms with Gasteiger partial charge in [-0.3, -0.25) is 14.9 Å². The van der Waals surface area contributed by atoms with Gasteiger partial charge in [0.2, 0.25) is 5.15 Å². The summed E-state index contributed by atoms with van der Waals surface area (Å²) in [6, 6.07) is 1.31. The van der Waals surface area contributed by atoms with Crippen molar-refractivity contribution in [3.05, 3.63) is 33.1 Å². The van der Waals surface area contributed by atoms with Crippen molar-refractivity contribution < 1.29 is 9.72 Å². The lowest BCUT2D eigenvalue weighted by Crippen LogP contribution is -2.30. The molecule has 1 unspecified atom stereocenters. The van der Waals surface area contributed by atoms with Crippen LogP contribution in [0.1, 0.15) is 23.2 Å². The van der Waals surface area contributed by atoms with E-state index in [1.807, 2.05) is 0 Å². The fraction of sp³-hybridized carbons (Fsp3) is 0.455. The zero-order chi connectivity index (χ0) is 13.8. The molecule has 0 spiro atoms. The number of thioether (sulfide) groups is 1. The summed E-state index contributed by atoms with van der Waals surface area (Å²) >= 11 is 7.47.